The lowest BCUT2D eigenvalue weighted by Crippen LogP contribution is -2.44. The highest BCUT2D eigenvalue weighted by atomic mass is 19.4. The number of alkyl halides is 3. The third kappa shape index (κ3) is 5.63. The Bertz CT molecular complexity index is 997. The first-order valence-corrected chi connectivity index (χ1v) is 11.4. The van der Waals surface area contributed by atoms with E-state index in [1.807, 2.05) is 0 Å². The third-order valence-electron chi connectivity index (χ3n) is 6.44. The van der Waals surface area contributed by atoms with Gasteiger partial charge in [0.15, 0.2) is 11.4 Å². The second kappa shape index (κ2) is 10.4. The molecule has 11 heteroatoms. The molecule has 1 saturated heterocycles. The summed E-state index contributed by atoms with van der Waals surface area (Å²) in [6.45, 7) is 0.725. The quantitative estimate of drug-likeness (QED) is 0.679. The molecule has 1 unspecified atom stereocenters. The van der Waals surface area contributed by atoms with Crippen LogP contribution in [0.25, 0.3) is 0 Å². The van der Waals surface area contributed by atoms with Gasteiger partial charge in [0.2, 0.25) is 5.91 Å². The van der Waals surface area contributed by atoms with E-state index >= 15 is 0 Å². The van der Waals surface area contributed by atoms with E-state index in [4.69, 9.17) is 4.74 Å². The number of ether oxygens (including phenoxy) is 1. The van der Waals surface area contributed by atoms with Crippen molar-refractivity contribution in [2.75, 3.05) is 18.5 Å². The van der Waals surface area contributed by atoms with Crippen molar-refractivity contribution in [1.29, 1.82) is 0 Å². The number of halogens is 3. The van der Waals surface area contributed by atoms with Gasteiger partial charge in [0.05, 0.1) is 12.0 Å². The number of rotatable bonds is 6. The molecule has 1 atom stereocenters. The molecule has 2 fully saturated rings. The van der Waals surface area contributed by atoms with Gasteiger partial charge in [-0.05, 0) is 56.7 Å². The first-order chi connectivity index (χ1) is 16.3. The van der Waals surface area contributed by atoms with Crippen LogP contribution < -0.4 is 10.1 Å². The van der Waals surface area contributed by atoms with Crippen LogP contribution in [-0.2, 0) is 4.79 Å². The summed E-state index contributed by atoms with van der Waals surface area (Å²) in [5.74, 6) is -1.68. The molecule has 1 aliphatic heterocycles. The number of carbonyl (C=O) groups excluding carboxylic acids is 2. The van der Waals surface area contributed by atoms with Gasteiger partial charge in [-0.2, -0.15) is 13.2 Å². The van der Waals surface area contributed by atoms with E-state index in [1.165, 1.54) is 18.7 Å². The van der Waals surface area contributed by atoms with Gasteiger partial charge in [-0.15, -0.1) is 0 Å². The molecule has 2 amide bonds. The van der Waals surface area contributed by atoms with Crippen LogP contribution in [0.4, 0.5) is 19.0 Å². The van der Waals surface area contributed by atoms with E-state index in [0.29, 0.717) is 12.4 Å². The number of amides is 2. The van der Waals surface area contributed by atoms with Crippen molar-refractivity contribution in [3.05, 3.63) is 42.6 Å². The number of pyridine rings is 1. The number of nitrogens with one attached hydrogen (secondary N) is 1. The van der Waals surface area contributed by atoms with E-state index in [1.54, 1.807) is 23.1 Å². The van der Waals surface area contributed by atoms with Gasteiger partial charge in [-0.3, -0.25) is 9.59 Å². The highest BCUT2D eigenvalue weighted by molar-refractivity contribution is 6.04. The Morgan fingerprint density at radius 3 is 2.59 bits per heavy atom. The van der Waals surface area contributed by atoms with Crippen molar-refractivity contribution in [2.45, 2.75) is 50.7 Å². The Kier molecular flexibility index (Phi) is 7.28. The fourth-order valence-electron chi connectivity index (χ4n) is 4.60. The number of nitrogens with zero attached hydrogens (tertiary/aromatic N) is 4. The van der Waals surface area contributed by atoms with Gasteiger partial charge in [-0.25, -0.2) is 15.0 Å². The van der Waals surface area contributed by atoms with Crippen molar-refractivity contribution < 1.29 is 27.5 Å². The fraction of sp³-hybridized carbons (Fsp3) is 0.522. The Morgan fingerprint density at radius 1 is 1.09 bits per heavy atom. The van der Waals surface area contributed by atoms with E-state index in [-0.39, 0.29) is 61.6 Å². The highest BCUT2D eigenvalue weighted by Crippen LogP contribution is 2.40. The summed E-state index contributed by atoms with van der Waals surface area (Å²) >= 11 is 0. The zero-order valence-corrected chi connectivity index (χ0v) is 18.5. The normalized spacial score (nSPS) is 22.9. The number of anilines is 1. The van der Waals surface area contributed by atoms with Crippen molar-refractivity contribution >= 4 is 17.6 Å². The highest BCUT2D eigenvalue weighted by Gasteiger charge is 2.44. The lowest BCUT2D eigenvalue weighted by atomic mass is 9.81. The summed E-state index contributed by atoms with van der Waals surface area (Å²) in [7, 11) is 0. The largest absolute Gasteiger partial charge is 0.489 e. The molecule has 34 heavy (non-hydrogen) atoms. The maximum Gasteiger partial charge on any atom is 0.391 e. The summed E-state index contributed by atoms with van der Waals surface area (Å²) in [6, 6.07) is 4.62. The lowest BCUT2D eigenvalue weighted by Gasteiger charge is -2.33. The molecule has 1 N–H and O–H groups in total. The van der Waals surface area contributed by atoms with Crippen LogP contribution >= 0.6 is 0 Å². The predicted molar refractivity (Wildman–Crippen MR) is 116 cm³/mol. The number of hydrogen-bond donors (Lipinski definition) is 1. The summed E-state index contributed by atoms with van der Waals surface area (Å²) in [6.07, 6.45) is 2.12. The summed E-state index contributed by atoms with van der Waals surface area (Å²) in [5.41, 5.74) is 0.0856. The third-order valence-corrected chi connectivity index (χ3v) is 6.44. The Balaban J connectivity index is 1.35. The molecule has 4 rings (SSSR count). The molecule has 0 bridgehead atoms. The lowest BCUT2D eigenvalue weighted by molar-refractivity contribution is -0.185. The van der Waals surface area contributed by atoms with Gasteiger partial charge < -0.3 is 15.0 Å². The molecule has 2 aliphatic rings. The minimum Gasteiger partial charge on any atom is -0.489 e. The molecule has 1 saturated carbocycles. The number of hydrogen-bond acceptors (Lipinski definition) is 6. The number of likely N-dealkylation sites (tertiary alicyclic amines) is 1. The van der Waals surface area contributed by atoms with Crippen molar-refractivity contribution in [3.63, 3.8) is 0 Å². The van der Waals surface area contributed by atoms with Crippen molar-refractivity contribution in [2.24, 2.45) is 11.8 Å². The summed E-state index contributed by atoms with van der Waals surface area (Å²) in [5, 5.41) is 2.63. The minimum atomic E-state index is -4.20. The van der Waals surface area contributed by atoms with E-state index < -0.39 is 18.0 Å². The first kappa shape index (κ1) is 23.9. The Labute approximate surface area is 194 Å². The van der Waals surface area contributed by atoms with Gasteiger partial charge in [0.25, 0.3) is 5.91 Å². The van der Waals surface area contributed by atoms with E-state index in [9.17, 15) is 22.8 Å². The standard InChI is InChI=1S/C23H26F3N5O3/c24-23(25,26)16-7-5-15(6-8-16)22(33)31-12-2-3-17(31)13-34-18-4-1-10-28-20(18)21(32)30-19-9-11-27-14-29-19/h1,4,9-11,14-17H,2-3,5-8,12-13H2,(H,27,29,30,32). The molecule has 8 nitrogen and oxygen atoms in total. The summed E-state index contributed by atoms with van der Waals surface area (Å²) < 4.78 is 44.8. The van der Waals surface area contributed by atoms with Gasteiger partial charge in [-0.1, -0.05) is 0 Å². The average Bonchev–Trinajstić information content (AvgIpc) is 3.31. The molecule has 0 radical (unpaired) electrons. The second-order valence-corrected chi connectivity index (χ2v) is 8.63. The van der Waals surface area contributed by atoms with Crippen LogP contribution in [0.15, 0.2) is 36.9 Å². The number of carbonyl (C=O) groups is 2. The minimum absolute atomic E-state index is 0.00456. The van der Waals surface area contributed by atoms with Crippen LogP contribution in [0, 0.1) is 11.8 Å². The smallest absolute Gasteiger partial charge is 0.391 e. The maximum atomic E-state index is 13.1. The van der Waals surface area contributed by atoms with Crippen LogP contribution in [0.2, 0.25) is 0 Å². The van der Waals surface area contributed by atoms with Crippen LogP contribution in [0.5, 0.6) is 5.75 Å². The van der Waals surface area contributed by atoms with Crippen LogP contribution in [0.3, 0.4) is 0 Å². The molecule has 182 valence electrons. The average molecular weight is 477 g/mol. The van der Waals surface area contributed by atoms with Gasteiger partial charge in [0, 0.05) is 24.9 Å². The van der Waals surface area contributed by atoms with E-state index in [0.717, 1.165) is 12.8 Å². The van der Waals surface area contributed by atoms with Gasteiger partial charge >= 0.3 is 6.18 Å². The fourth-order valence-corrected chi connectivity index (χ4v) is 4.60. The SMILES string of the molecule is O=C(Nc1ccncn1)c1ncccc1OCC1CCCN1C(=O)C1CCC(C(F)(F)F)CC1. The summed E-state index contributed by atoms with van der Waals surface area (Å²) in [4.78, 5) is 39.3. The molecule has 0 spiro atoms. The second-order valence-electron chi connectivity index (χ2n) is 8.63. The molecule has 3 heterocycles. The van der Waals surface area contributed by atoms with Crippen LogP contribution in [0.1, 0.15) is 49.0 Å². The molecular weight excluding hydrogens is 451 g/mol. The van der Waals surface area contributed by atoms with Crippen LogP contribution in [-0.4, -0.2) is 57.0 Å². The monoisotopic (exact) mass is 477 g/mol. The zero-order valence-electron chi connectivity index (χ0n) is 18.5. The number of aromatic nitrogens is 3. The Morgan fingerprint density at radius 2 is 1.88 bits per heavy atom. The molecular formula is C23H26F3N5O3. The Hall–Kier alpha value is -3.24. The molecule has 1 aliphatic carbocycles. The van der Waals surface area contributed by atoms with Crippen molar-refractivity contribution in [3.8, 4) is 5.75 Å². The zero-order chi connectivity index (χ0) is 24.1. The molecule has 2 aromatic heterocycles. The maximum absolute atomic E-state index is 13.1. The molecule has 2 aromatic rings. The van der Waals surface area contributed by atoms with Crippen molar-refractivity contribution in [1.82, 2.24) is 19.9 Å². The molecule has 0 aromatic carbocycles. The van der Waals surface area contributed by atoms with E-state index in [2.05, 4.69) is 20.3 Å². The van der Waals surface area contributed by atoms with Gasteiger partial charge in [0.1, 0.15) is 18.8 Å². The topological polar surface area (TPSA) is 97.3 Å². The first-order valence-electron chi connectivity index (χ1n) is 11.4. The predicted octanol–water partition coefficient (Wildman–Crippen LogP) is 3.86.